The number of carbonyl (C=O) groups excluding carboxylic acids is 1. The van der Waals surface area contributed by atoms with Gasteiger partial charge in [0.05, 0.1) is 5.69 Å². The van der Waals surface area contributed by atoms with Gasteiger partial charge >= 0.3 is 0 Å². The lowest BCUT2D eigenvalue weighted by Gasteiger charge is -2.03. The van der Waals surface area contributed by atoms with Crippen molar-refractivity contribution in [3.63, 3.8) is 0 Å². The van der Waals surface area contributed by atoms with Gasteiger partial charge in [-0.15, -0.1) is 16.4 Å². The Kier molecular flexibility index (Phi) is 4.71. The third-order valence-corrected chi connectivity index (χ3v) is 4.89. The second-order valence-corrected chi connectivity index (χ2v) is 7.17. The molecule has 0 spiro atoms. The first kappa shape index (κ1) is 17.0. The van der Waals surface area contributed by atoms with Gasteiger partial charge in [-0.05, 0) is 47.2 Å². The van der Waals surface area contributed by atoms with E-state index >= 15 is 0 Å². The Balaban J connectivity index is 1.42. The van der Waals surface area contributed by atoms with Crippen molar-refractivity contribution in [1.82, 2.24) is 25.2 Å². The number of anilines is 1. The highest BCUT2D eigenvalue weighted by Gasteiger charge is 2.10. The molecule has 2 heterocycles. The van der Waals surface area contributed by atoms with Crippen molar-refractivity contribution >= 4 is 22.4 Å². The van der Waals surface area contributed by atoms with Crippen molar-refractivity contribution in [1.29, 1.82) is 0 Å². The van der Waals surface area contributed by atoms with Gasteiger partial charge in [0.15, 0.2) is 5.13 Å². The smallest absolute Gasteiger partial charge is 0.257 e. The second-order valence-electron chi connectivity index (χ2n) is 6.05. The first-order valence-corrected chi connectivity index (χ1v) is 9.14. The van der Waals surface area contributed by atoms with Crippen LogP contribution in [0.5, 0.6) is 0 Å². The third kappa shape index (κ3) is 4.06. The number of nitrogens with zero attached hydrogens (tertiary/aromatic N) is 5. The van der Waals surface area contributed by atoms with Gasteiger partial charge < -0.3 is 0 Å². The lowest BCUT2D eigenvalue weighted by atomic mass is 10.1. The van der Waals surface area contributed by atoms with E-state index in [4.69, 9.17) is 0 Å². The van der Waals surface area contributed by atoms with Gasteiger partial charge in [-0.25, -0.2) is 9.67 Å². The molecule has 0 saturated heterocycles. The van der Waals surface area contributed by atoms with Crippen LogP contribution in [0.3, 0.4) is 0 Å². The van der Waals surface area contributed by atoms with Gasteiger partial charge in [-0.3, -0.25) is 10.1 Å². The predicted octanol–water partition coefficient (Wildman–Crippen LogP) is 3.27. The van der Waals surface area contributed by atoms with Crippen LogP contribution in [-0.2, 0) is 6.42 Å². The molecule has 1 amide bonds. The highest BCUT2D eigenvalue weighted by molar-refractivity contribution is 7.15. The Morgan fingerprint density at radius 2 is 2.04 bits per heavy atom. The molecule has 0 aliphatic carbocycles. The number of nitrogens with one attached hydrogen (secondary N) is 1. The van der Waals surface area contributed by atoms with Crippen molar-refractivity contribution in [3.05, 3.63) is 82.6 Å². The lowest BCUT2D eigenvalue weighted by molar-refractivity contribution is 0.102. The van der Waals surface area contributed by atoms with E-state index in [0.29, 0.717) is 10.7 Å². The summed E-state index contributed by atoms with van der Waals surface area (Å²) in [6.07, 6.45) is 4.11. The Morgan fingerprint density at radius 3 is 2.78 bits per heavy atom. The molecule has 2 aromatic carbocycles. The van der Waals surface area contributed by atoms with E-state index in [1.807, 2.05) is 12.3 Å². The summed E-state index contributed by atoms with van der Waals surface area (Å²) >= 11 is 1.48. The van der Waals surface area contributed by atoms with Crippen LogP contribution < -0.4 is 5.32 Å². The van der Waals surface area contributed by atoms with Crippen molar-refractivity contribution in [3.8, 4) is 5.69 Å². The Bertz CT molecular complexity index is 1060. The van der Waals surface area contributed by atoms with Crippen molar-refractivity contribution in [2.24, 2.45) is 0 Å². The molecule has 0 bridgehead atoms. The number of hydrogen-bond acceptors (Lipinski definition) is 6. The quantitative estimate of drug-likeness (QED) is 0.578. The molecular weight excluding hydrogens is 360 g/mol. The van der Waals surface area contributed by atoms with Crippen LogP contribution in [-0.4, -0.2) is 31.1 Å². The normalized spacial score (nSPS) is 10.7. The topological polar surface area (TPSA) is 85.6 Å². The van der Waals surface area contributed by atoms with E-state index in [2.05, 4.69) is 50.9 Å². The molecule has 0 atom stereocenters. The van der Waals surface area contributed by atoms with Crippen LogP contribution >= 0.6 is 11.3 Å². The number of thiazole rings is 1. The SMILES string of the molecule is Cc1cccc(Cc2cnc(NC(=O)c3ccc(-n4cnnn4)cc3)s2)c1. The number of amides is 1. The molecule has 0 fully saturated rings. The Hall–Kier alpha value is -3.39. The standard InChI is InChI=1S/C19H16N6OS/c1-13-3-2-4-14(9-13)10-17-11-20-19(27-17)22-18(26)15-5-7-16(8-6-15)25-12-21-23-24-25/h2-9,11-12H,10H2,1H3,(H,20,22,26). The predicted molar refractivity (Wildman–Crippen MR) is 103 cm³/mol. The minimum absolute atomic E-state index is 0.199. The molecule has 4 rings (SSSR count). The first-order chi connectivity index (χ1) is 13.2. The van der Waals surface area contributed by atoms with Crippen LogP contribution in [0.2, 0.25) is 0 Å². The minimum Gasteiger partial charge on any atom is -0.298 e. The molecule has 7 nitrogen and oxygen atoms in total. The van der Waals surface area contributed by atoms with E-state index < -0.39 is 0 Å². The van der Waals surface area contributed by atoms with Crippen LogP contribution in [0.25, 0.3) is 5.69 Å². The van der Waals surface area contributed by atoms with Gasteiger partial charge in [0.25, 0.3) is 5.91 Å². The molecule has 4 aromatic rings. The van der Waals surface area contributed by atoms with E-state index in [1.165, 1.54) is 33.5 Å². The number of aryl methyl sites for hydroxylation is 1. The van der Waals surface area contributed by atoms with Crippen LogP contribution in [0.15, 0.2) is 61.1 Å². The molecule has 8 heteroatoms. The minimum atomic E-state index is -0.199. The number of hydrogen-bond donors (Lipinski definition) is 1. The van der Waals surface area contributed by atoms with Crippen LogP contribution in [0, 0.1) is 6.92 Å². The lowest BCUT2D eigenvalue weighted by Crippen LogP contribution is -2.11. The Labute approximate surface area is 159 Å². The fraction of sp³-hybridized carbons (Fsp3) is 0.105. The maximum atomic E-state index is 12.4. The maximum absolute atomic E-state index is 12.4. The van der Waals surface area contributed by atoms with Crippen molar-refractivity contribution in [2.75, 3.05) is 5.32 Å². The highest BCUT2D eigenvalue weighted by atomic mass is 32.1. The van der Waals surface area contributed by atoms with E-state index in [-0.39, 0.29) is 5.91 Å². The molecule has 2 aromatic heterocycles. The summed E-state index contributed by atoms with van der Waals surface area (Å²) in [6, 6.07) is 15.4. The number of aromatic nitrogens is 5. The van der Waals surface area contributed by atoms with E-state index in [1.54, 1.807) is 24.3 Å². The molecular formula is C19H16N6OS. The van der Waals surface area contributed by atoms with Gasteiger partial charge in [-0.1, -0.05) is 29.8 Å². The molecule has 27 heavy (non-hydrogen) atoms. The van der Waals surface area contributed by atoms with Crippen LogP contribution in [0.4, 0.5) is 5.13 Å². The molecule has 0 aliphatic rings. The van der Waals surface area contributed by atoms with Gasteiger partial charge in [-0.2, -0.15) is 0 Å². The molecule has 1 N–H and O–H groups in total. The molecule has 0 saturated carbocycles. The van der Waals surface area contributed by atoms with Gasteiger partial charge in [0, 0.05) is 23.1 Å². The number of rotatable bonds is 5. The van der Waals surface area contributed by atoms with E-state index in [9.17, 15) is 4.79 Å². The summed E-state index contributed by atoms with van der Waals surface area (Å²) in [5.41, 5.74) is 3.79. The zero-order valence-electron chi connectivity index (χ0n) is 14.5. The van der Waals surface area contributed by atoms with E-state index in [0.717, 1.165) is 17.0 Å². The summed E-state index contributed by atoms with van der Waals surface area (Å²) < 4.78 is 1.53. The zero-order valence-corrected chi connectivity index (χ0v) is 15.3. The fourth-order valence-corrected chi connectivity index (χ4v) is 3.53. The second kappa shape index (κ2) is 7.46. The molecule has 0 radical (unpaired) electrons. The highest BCUT2D eigenvalue weighted by Crippen LogP contribution is 2.22. The van der Waals surface area contributed by atoms with Gasteiger partial charge in [0.1, 0.15) is 6.33 Å². The average molecular weight is 376 g/mol. The van der Waals surface area contributed by atoms with Crippen molar-refractivity contribution in [2.45, 2.75) is 13.3 Å². The summed E-state index contributed by atoms with van der Waals surface area (Å²) in [5, 5.41) is 14.4. The molecule has 0 unspecified atom stereocenters. The largest absolute Gasteiger partial charge is 0.298 e. The zero-order chi connectivity index (χ0) is 18.6. The summed E-state index contributed by atoms with van der Waals surface area (Å²) in [5.74, 6) is -0.199. The monoisotopic (exact) mass is 376 g/mol. The third-order valence-electron chi connectivity index (χ3n) is 3.98. The Morgan fingerprint density at radius 1 is 1.19 bits per heavy atom. The maximum Gasteiger partial charge on any atom is 0.257 e. The fourth-order valence-electron chi connectivity index (χ4n) is 2.68. The number of tetrazole rings is 1. The molecule has 0 aliphatic heterocycles. The first-order valence-electron chi connectivity index (χ1n) is 8.32. The summed E-state index contributed by atoms with van der Waals surface area (Å²) in [4.78, 5) is 17.8. The average Bonchev–Trinajstić information content (AvgIpc) is 3.34. The van der Waals surface area contributed by atoms with Gasteiger partial charge in [0.2, 0.25) is 0 Å². The molecule has 134 valence electrons. The number of benzene rings is 2. The summed E-state index contributed by atoms with van der Waals surface area (Å²) in [7, 11) is 0. The van der Waals surface area contributed by atoms with Crippen LogP contribution in [0.1, 0.15) is 26.4 Å². The number of carbonyl (C=O) groups is 1. The van der Waals surface area contributed by atoms with Crippen molar-refractivity contribution < 1.29 is 4.79 Å². The summed E-state index contributed by atoms with van der Waals surface area (Å²) in [6.45, 7) is 2.08.